The molecule has 2 rings (SSSR count). The standard InChI is InChI=1S/C14H20O/c1-9(2)11-4-6-12(7-5-11)14(15)13-8-10(13)3/h4-7,9-10,13-15H,8H2,1-3H3. The second kappa shape index (κ2) is 3.97. The van der Waals surface area contributed by atoms with Crippen LogP contribution in [0.2, 0.25) is 0 Å². The average molecular weight is 204 g/mol. The minimum atomic E-state index is -0.249. The summed E-state index contributed by atoms with van der Waals surface area (Å²) in [6, 6.07) is 8.42. The Balaban J connectivity index is 2.09. The van der Waals surface area contributed by atoms with Crippen LogP contribution in [-0.2, 0) is 0 Å². The van der Waals surface area contributed by atoms with E-state index in [4.69, 9.17) is 0 Å². The van der Waals surface area contributed by atoms with E-state index in [0.29, 0.717) is 17.8 Å². The van der Waals surface area contributed by atoms with Crippen LogP contribution in [0.15, 0.2) is 24.3 Å². The van der Waals surface area contributed by atoms with Gasteiger partial charge in [-0.3, -0.25) is 0 Å². The van der Waals surface area contributed by atoms with Crippen molar-refractivity contribution >= 4 is 0 Å². The van der Waals surface area contributed by atoms with Gasteiger partial charge in [-0.05, 0) is 35.3 Å². The largest absolute Gasteiger partial charge is 0.388 e. The maximum atomic E-state index is 10.1. The van der Waals surface area contributed by atoms with Crippen molar-refractivity contribution in [2.24, 2.45) is 11.8 Å². The van der Waals surface area contributed by atoms with Crippen LogP contribution in [0.5, 0.6) is 0 Å². The fourth-order valence-electron chi connectivity index (χ4n) is 2.12. The third-order valence-corrected chi connectivity index (χ3v) is 3.52. The summed E-state index contributed by atoms with van der Waals surface area (Å²) in [7, 11) is 0. The number of rotatable bonds is 3. The summed E-state index contributed by atoms with van der Waals surface area (Å²) < 4.78 is 0. The second-order valence-corrected chi connectivity index (χ2v) is 5.14. The quantitative estimate of drug-likeness (QED) is 0.799. The lowest BCUT2D eigenvalue weighted by Crippen LogP contribution is -2.01. The first-order valence-electron chi connectivity index (χ1n) is 5.87. The van der Waals surface area contributed by atoms with E-state index < -0.39 is 0 Å². The Labute approximate surface area is 92.1 Å². The SMILES string of the molecule is CC(C)c1ccc(C(O)C2CC2C)cc1. The van der Waals surface area contributed by atoms with Crippen LogP contribution in [0.3, 0.4) is 0 Å². The molecule has 3 atom stereocenters. The molecule has 15 heavy (non-hydrogen) atoms. The zero-order valence-electron chi connectivity index (χ0n) is 9.77. The van der Waals surface area contributed by atoms with Crippen molar-refractivity contribution in [2.75, 3.05) is 0 Å². The highest BCUT2D eigenvalue weighted by Crippen LogP contribution is 2.46. The van der Waals surface area contributed by atoms with Crippen LogP contribution >= 0.6 is 0 Å². The molecule has 1 aliphatic carbocycles. The van der Waals surface area contributed by atoms with Crippen LogP contribution in [0.4, 0.5) is 0 Å². The van der Waals surface area contributed by atoms with Crippen molar-refractivity contribution < 1.29 is 5.11 Å². The lowest BCUT2D eigenvalue weighted by atomic mass is 9.98. The van der Waals surface area contributed by atoms with Gasteiger partial charge in [-0.1, -0.05) is 45.0 Å². The van der Waals surface area contributed by atoms with Crippen LogP contribution < -0.4 is 0 Å². The summed E-state index contributed by atoms with van der Waals surface area (Å²) in [5, 5.41) is 10.1. The van der Waals surface area contributed by atoms with Crippen LogP contribution in [0.1, 0.15) is 50.3 Å². The maximum absolute atomic E-state index is 10.1. The molecule has 0 bridgehead atoms. The molecular formula is C14H20O. The molecule has 1 N–H and O–H groups in total. The van der Waals surface area contributed by atoms with Crippen molar-refractivity contribution in [3.05, 3.63) is 35.4 Å². The predicted molar refractivity (Wildman–Crippen MR) is 62.8 cm³/mol. The molecule has 1 heteroatoms. The summed E-state index contributed by atoms with van der Waals surface area (Å²) in [6.45, 7) is 6.58. The minimum absolute atomic E-state index is 0.249. The zero-order chi connectivity index (χ0) is 11.0. The third kappa shape index (κ3) is 2.23. The van der Waals surface area contributed by atoms with Gasteiger partial charge < -0.3 is 5.11 Å². The van der Waals surface area contributed by atoms with Gasteiger partial charge in [0.1, 0.15) is 0 Å². The Morgan fingerprint density at radius 1 is 1.13 bits per heavy atom. The van der Waals surface area contributed by atoms with Gasteiger partial charge in [-0.25, -0.2) is 0 Å². The number of aliphatic hydroxyl groups excluding tert-OH is 1. The van der Waals surface area contributed by atoms with Gasteiger partial charge in [0.15, 0.2) is 0 Å². The molecule has 1 fully saturated rings. The number of hydrogen-bond acceptors (Lipinski definition) is 1. The molecule has 1 nitrogen and oxygen atoms in total. The van der Waals surface area contributed by atoms with E-state index in [2.05, 4.69) is 45.0 Å². The maximum Gasteiger partial charge on any atom is 0.0820 e. The zero-order valence-corrected chi connectivity index (χ0v) is 9.77. The smallest absolute Gasteiger partial charge is 0.0820 e. The molecule has 0 aliphatic heterocycles. The molecule has 0 heterocycles. The van der Waals surface area contributed by atoms with Crippen LogP contribution in [-0.4, -0.2) is 5.11 Å². The molecule has 0 aromatic heterocycles. The number of hydrogen-bond donors (Lipinski definition) is 1. The van der Waals surface area contributed by atoms with Gasteiger partial charge in [-0.15, -0.1) is 0 Å². The molecule has 1 aromatic carbocycles. The summed E-state index contributed by atoms with van der Waals surface area (Å²) >= 11 is 0. The van der Waals surface area contributed by atoms with E-state index >= 15 is 0 Å². The first-order chi connectivity index (χ1) is 7.09. The Hall–Kier alpha value is -0.820. The topological polar surface area (TPSA) is 20.2 Å². The summed E-state index contributed by atoms with van der Waals surface area (Å²) in [4.78, 5) is 0. The second-order valence-electron chi connectivity index (χ2n) is 5.14. The highest BCUT2D eigenvalue weighted by Gasteiger charge is 2.39. The molecule has 0 radical (unpaired) electrons. The van der Waals surface area contributed by atoms with E-state index in [1.54, 1.807) is 0 Å². The van der Waals surface area contributed by atoms with Gasteiger partial charge in [0.25, 0.3) is 0 Å². The van der Waals surface area contributed by atoms with Crippen LogP contribution in [0, 0.1) is 11.8 Å². The fourth-order valence-corrected chi connectivity index (χ4v) is 2.12. The Bertz CT molecular complexity index is 326. The monoisotopic (exact) mass is 204 g/mol. The highest BCUT2D eigenvalue weighted by atomic mass is 16.3. The van der Waals surface area contributed by atoms with Gasteiger partial charge in [0, 0.05) is 0 Å². The molecule has 0 amide bonds. The van der Waals surface area contributed by atoms with E-state index in [0.717, 1.165) is 5.56 Å². The molecule has 1 aliphatic rings. The number of aliphatic hydroxyl groups is 1. The summed E-state index contributed by atoms with van der Waals surface area (Å²) in [5.74, 6) is 1.76. The molecule has 1 aromatic rings. The van der Waals surface area contributed by atoms with Gasteiger partial charge in [0.05, 0.1) is 6.10 Å². The molecule has 0 spiro atoms. The van der Waals surface area contributed by atoms with Crippen molar-refractivity contribution in [1.29, 1.82) is 0 Å². The van der Waals surface area contributed by atoms with Crippen molar-refractivity contribution in [3.8, 4) is 0 Å². The summed E-state index contributed by atoms with van der Waals surface area (Å²) in [6.07, 6.45) is 0.925. The Morgan fingerprint density at radius 2 is 1.60 bits per heavy atom. The number of benzene rings is 1. The van der Waals surface area contributed by atoms with E-state index in [-0.39, 0.29) is 6.10 Å². The predicted octanol–water partition coefficient (Wildman–Crippen LogP) is 3.50. The molecular weight excluding hydrogens is 184 g/mol. The van der Waals surface area contributed by atoms with Gasteiger partial charge >= 0.3 is 0 Å². The van der Waals surface area contributed by atoms with Crippen molar-refractivity contribution in [1.82, 2.24) is 0 Å². The summed E-state index contributed by atoms with van der Waals surface area (Å²) in [5.41, 5.74) is 2.42. The first kappa shape index (κ1) is 10.7. The van der Waals surface area contributed by atoms with E-state index in [9.17, 15) is 5.11 Å². The Morgan fingerprint density at radius 3 is 2.00 bits per heavy atom. The average Bonchev–Trinajstić information content (AvgIpc) is 2.94. The van der Waals surface area contributed by atoms with Crippen molar-refractivity contribution in [2.45, 2.75) is 39.2 Å². The lowest BCUT2D eigenvalue weighted by molar-refractivity contribution is 0.148. The molecule has 0 saturated heterocycles. The normalized spacial score (nSPS) is 26.7. The molecule has 3 unspecified atom stereocenters. The van der Waals surface area contributed by atoms with E-state index in [1.165, 1.54) is 12.0 Å². The van der Waals surface area contributed by atoms with Crippen molar-refractivity contribution in [3.63, 3.8) is 0 Å². The fraction of sp³-hybridized carbons (Fsp3) is 0.571. The molecule has 82 valence electrons. The first-order valence-corrected chi connectivity index (χ1v) is 5.87. The van der Waals surface area contributed by atoms with Gasteiger partial charge in [-0.2, -0.15) is 0 Å². The third-order valence-electron chi connectivity index (χ3n) is 3.52. The lowest BCUT2D eigenvalue weighted by Gasteiger charge is -2.12. The molecule has 1 saturated carbocycles. The van der Waals surface area contributed by atoms with Gasteiger partial charge in [0.2, 0.25) is 0 Å². The minimum Gasteiger partial charge on any atom is -0.388 e. The van der Waals surface area contributed by atoms with E-state index in [1.807, 2.05) is 0 Å². The van der Waals surface area contributed by atoms with Crippen LogP contribution in [0.25, 0.3) is 0 Å². The highest BCUT2D eigenvalue weighted by molar-refractivity contribution is 5.27. The Kier molecular flexibility index (Phi) is 2.83.